The maximum atomic E-state index is 6.36. The molecular weight excluding hydrogens is 358 g/mol. The minimum atomic E-state index is 0.243. The second-order valence-electron chi connectivity index (χ2n) is 7.92. The van der Waals surface area contributed by atoms with Gasteiger partial charge in [-0.2, -0.15) is 0 Å². The van der Waals surface area contributed by atoms with Crippen molar-refractivity contribution in [2.75, 3.05) is 0 Å². The van der Waals surface area contributed by atoms with E-state index in [4.69, 9.17) is 4.42 Å². The van der Waals surface area contributed by atoms with Gasteiger partial charge in [0.2, 0.25) is 0 Å². The summed E-state index contributed by atoms with van der Waals surface area (Å²) in [7, 11) is 0. The number of aromatic nitrogens is 2. The van der Waals surface area contributed by atoms with E-state index in [0.29, 0.717) is 0 Å². The summed E-state index contributed by atoms with van der Waals surface area (Å²) in [6, 6.07) is 17.5. The maximum Gasteiger partial charge on any atom is 0.134 e. The Morgan fingerprint density at radius 3 is 2.62 bits per heavy atom. The average molecular weight is 383 g/mol. The monoisotopic (exact) mass is 383 g/mol. The van der Waals surface area contributed by atoms with Crippen LogP contribution < -0.4 is 5.32 Å². The van der Waals surface area contributed by atoms with Gasteiger partial charge in [-0.3, -0.25) is 0 Å². The van der Waals surface area contributed by atoms with E-state index in [-0.39, 0.29) is 12.1 Å². The molecule has 1 aliphatic carbocycles. The number of rotatable bonds is 4. The van der Waals surface area contributed by atoms with Crippen LogP contribution in [0.5, 0.6) is 0 Å². The third kappa shape index (κ3) is 3.45. The molecule has 29 heavy (non-hydrogen) atoms. The third-order valence-corrected chi connectivity index (χ3v) is 5.92. The van der Waals surface area contributed by atoms with E-state index in [1.54, 1.807) is 0 Å². The van der Waals surface area contributed by atoms with Crippen LogP contribution in [0.2, 0.25) is 0 Å². The Kier molecular flexibility index (Phi) is 4.64. The SMILES string of the molecule is Cc1ncc(-c2ccc3oc4c(c3c2)CCCC4N[C@H](C)c2ccccc2)cn1. The van der Waals surface area contributed by atoms with Gasteiger partial charge in [0.05, 0.1) is 6.04 Å². The van der Waals surface area contributed by atoms with Crippen molar-refractivity contribution < 1.29 is 4.42 Å². The number of hydrogen-bond acceptors (Lipinski definition) is 4. The molecule has 0 spiro atoms. The van der Waals surface area contributed by atoms with E-state index >= 15 is 0 Å². The van der Waals surface area contributed by atoms with E-state index in [2.05, 4.69) is 70.7 Å². The van der Waals surface area contributed by atoms with Crippen LogP contribution in [0.15, 0.2) is 65.3 Å². The lowest BCUT2D eigenvalue weighted by Gasteiger charge is -2.26. The molecule has 2 aromatic carbocycles. The first-order chi connectivity index (χ1) is 14.2. The predicted octanol–water partition coefficient (Wildman–Crippen LogP) is 5.93. The molecule has 0 fully saturated rings. The normalized spacial score (nSPS) is 17.2. The van der Waals surface area contributed by atoms with Gasteiger partial charge < -0.3 is 9.73 Å². The zero-order chi connectivity index (χ0) is 19.8. The molecule has 2 heterocycles. The van der Waals surface area contributed by atoms with E-state index < -0.39 is 0 Å². The number of benzene rings is 2. The summed E-state index contributed by atoms with van der Waals surface area (Å²) in [4.78, 5) is 8.68. The fraction of sp³-hybridized carbons (Fsp3) is 0.280. The second-order valence-corrected chi connectivity index (χ2v) is 7.92. The van der Waals surface area contributed by atoms with Crippen LogP contribution in [-0.4, -0.2) is 9.97 Å². The number of fused-ring (bicyclic) bond motifs is 3. The van der Waals surface area contributed by atoms with Crippen LogP contribution in [0, 0.1) is 6.92 Å². The average Bonchev–Trinajstić information content (AvgIpc) is 3.14. The molecule has 1 unspecified atom stereocenters. The van der Waals surface area contributed by atoms with Crippen molar-refractivity contribution in [1.29, 1.82) is 0 Å². The van der Waals surface area contributed by atoms with Gasteiger partial charge in [-0.05, 0) is 56.4 Å². The predicted molar refractivity (Wildman–Crippen MR) is 116 cm³/mol. The Hall–Kier alpha value is -2.98. The largest absolute Gasteiger partial charge is 0.459 e. The zero-order valence-electron chi connectivity index (χ0n) is 16.9. The Labute approximate surface area is 171 Å². The zero-order valence-corrected chi connectivity index (χ0v) is 16.9. The van der Waals surface area contributed by atoms with E-state index in [1.807, 2.05) is 19.3 Å². The number of nitrogens with one attached hydrogen (secondary N) is 1. The Morgan fingerprint density at radius 1 is 1.03 bits per heavy atom. The molecule has 0 saturated heterocycles. The van der Waals surface area contributed by atoms with Crippen molar-refractivity contribution in [2.45, 2.75) is 45.2 Å². The molecule has 0 bridgehead atoms. The molecule has 2 aromatic heterocycles. The van der Waals surface area contributed by atoms with Gasteiger partial charge in [-0.1, -0.05) is 36.4 Å². The Morgan fingerprint density at radius 2 is 1.83 bits per heavy atom. The van der Waals surface area contributed by atoms with Crippen LogP contribution >= 0.6 is 0 Å². The Bertz CT molecular complexity index is 1130. The number of furan rings is 1. The van der Waals surface area contributed by atoms with Gasteiger partial charge in [-0.15, -0.1) is 0 Å². The summed E-state index contributed by atoms with van der Waals surface area (Å²) in [5.74, 6) is 1.89. The van der Waals surface area contributed by atoms with Gasteiger partial charge in [0.1, 0.15) is 17.2 Å². The van der Waals surface area contributed by atoms with E-state index in [0.717, 1.165) is 41.1 Å². The fourth-order valence-electron chi connectivity index (χ4n) is 4.34. The van der Waals surface area contributed by atoms with Crippen molar-refractivity contribution in [3.63, 3.8) is 0 Å². The summed E-state index contributed by atoms with van der Waals surface area (Å²) in [6.07, 6.45) is 7.11. The van der Waals surface area contributed by atoms with Crippen LogP contribution in [0.4, 0.5) is 0 Å². The van der Waals surface area contributed by atoms with Crippen molar-refractivity contribution in [3.05, 3.63) is 83.6 Å². The van der Waals surface area contributed by atoms with E-state index in [9.17, 15) is 0 Å². The van der Waals surface area contributed by atoms with Crippen LogP contribution in [0.3, 0.4) is 0 Å². The van der Waals surface area contributed by atoms with Crippen LogP contribution in [0.25, 0.3) is 22.1 Å². The summed E-state index contributed by atoms with van der Waals surface area (Å²) in [5, 5.41) is 5.01. The van der Waals surface area contributed by atoms with Gasteiger partial charge in [0.25, 0.3) is 0 Å². The topological polar surface area (TPSA) is 51.0 Å². The number of aryl methyl sites for hydroxylation is 2. The van der Waals surface area contributed by atoms with Crippen molar-refractivity contribution >= 4 is 11.0 Å². The lowest BCUT2D eigenvalue weighted by Crippen LogP contribution is -2.27. The molecule has 0 amide bonds. The highest BCUT2D eigenvalue weighted by atomic mass is 16.3. The maximum absolute atomic E-state index is 6.36. The van der Waals surface area contributed by atoms with Gasteiger partial charge in [-0.25, -0.2) is 9.97 Å². The highest BCUT2D eigenvalue weighted by molar-refractivity contribution is 5.87. The first kappa shape index (κ1) is 18.1. The summed E-state index contributed by atoms with van der Waals surface area (Å²) in [5.41, 5.74) is 5.79. The van der Waals surface area contributed by atoms with E-state index in [1.165, 1.54) is 22.9 Å². The summed E-state index contributed by atoms with van der Waals surface area (Å²) >= 11 is 0. The first-order valence-corrected chi connectivity index (χ1v) is 10.3. The lowest BCUT2D eigenvalue weighted by atomic mass is 9.90. The second kappa shape index (κ2) is 7.45. The molecule has 1 N–H and O–H groups in total. The quantitative estimate of drug-likeness (QED) is 0.475. The van der Waals surface area contributed by atoms with Gasteiger partial charge in [0.15, 0.2) is 0 Å². The molecule has 0 aliphatic heterocycles. The summed E-state index contributed by atoms with van der Waals surface area (Å²) < 4.78 is 6.36. The molecule has 4 heteroatoms. The van der Waals surface area contributed by atoms with Crippen molar-refractivity contribution in [2.24, 2.45) is 0 Å². The van der Waals surface area contributed by atoms with Crippen molar-refractivity contribution in [3.8, 4) is 11.1 Å². The molecule has 0 radical (unpaired) electrons. The van der Waals surface area contributed by atoms with Gasteiger partial charge in [0, 0.05) is 34.9 Å². The highest BCUT2D eigenvalue weighted by Gasteiger charge is 2.27. The number of hydrogen-bond donors (Lipinski definition) is 1. The lowest BCUT2D eigenvalue weighted by molar-refractivity contribution is 0.353. The standard InChI is InChI=1S/C25H25N3O/c1-16(18-7-4-3-5-8-18)28-23-10-6-9-21-22-13-19(11-12-24(22)29-25(21)23)20-14-26-17(2)27-15-20/h3-5,7-8,11-16,23,28H,6,9-10H2,1-2H3/t16-,23?/m1/s1. The molecule has 1 aliphatic rings. The molecule has 2 atom stereocenters. The smallest absolute Gasteiger partial charge is 0.134 e. The molecule has 4 aromatic rings. The first-order valence-electron chi connectivity index (χ1n) is 10.3. The molecular formula is C25H25N3O. The fourth-order valence-corrected chi connectivity index (χ4v) is 4.34. The Balaban J connectivity index is 1.49. The molecule has 5 rings (SSSR count). The minimum absolute atomic E-state index is 0.243. The number of nitrogens with zero attached hydrogens (tertiary/aromatic N) is 2. The van der Waals surface area contributed by atoms with Gasteiger partial charge >= 0.3 is 0 Å². The minimum Gasteiger partial charge on any atom is -0.459 e. The van der Waals surface area contributed by atoms with Crippen LogP contribution in [-0.2, 0) is 6.42 Å². The third-order valence-electron chi connectivity index (χ3n) is 5.92. The molecule has 146 valence electrons. The van der Waals surface area contributed by atoms with Crippen LogP contribution in [0.1, 0.15) is 54.6 Å². The molecule has 0 saturated carbocycles. The summed E-state index contributed by atoms with van der Waals surface area (Å²) in [6.45, 7) is 4.13. The van der Waals surface area contributed by atoms with Crippen molar-refractivity contribution in [1.82, 2.24) is 15.3 Å². The highest BCUT2D eigenvalue weighted by Crippen LogP contribution is 2.39. The molecule has 4 nitrogen and oxygen atoms in total.